The Balaban J connectivity index is 1.42. The van der Waals surface area contributed by atoms with E-state index < -0.39 is 58.7 Å². The molecule has 2 heterocycles. The molecule has 2 saturated heterocycles. The highest BCUT2D eigenvalue weighted by atomic mass is 35.5. The van der Waals surface area contributed by atoms with Crippen LogP contribution < -0.4 is 10.2 Å². The minimum absolute atomic E-state index is 0.0151. The average Bonchev–Trinajstić information content (AvgIpc) is 3.47. The number of nitrogens with one attached hydrogen (secondary N) is 1. The number of aryl methyl sites for hydroxylation is 1. The van der Waals surface area contributed by atoms with Crippen LogP contribution in [-0.4, -0.2) is 63.4 Å². The molecule has 2 aliphatic heterocycles. The molecule has 4 amide bonds. The number of nitrogens with zero attached hydrogens (tertiary/aromatic N) is 2. The summed E-state index contributed by atoms with van der Waals surface area (Å²) in [4.78, 5) is 70.1. The lowest BCUT2D eigenvalue weighted by atomic mass is 9.49. The molecule has 7 rings (SSSR count). The zero-order valence-electron chi connectivity index (χ0n) is 27.5. The SMILES string of the molecule is COc1cc(C2C3=CCC4C(=O)N(CCCC(=O)O)C(=O)C4C3CC3C(=O)N(Nc4ccc(C)cc4)C(=O)C32c2ccccc2)cc(Cl)c1O. The lowest BCUT2D eigenvalue weighted by Crippen LogP contribution is -2.53. The molecule has 3 aromatic rings. The van der Waals surface area contributed by atoms with Gasteiger partial charge in [-0.3, -0.25) is 34.3 Å². The topological polar surface area (TPSA) is 154 Å². The summed E-state index contributed by atoms with van der Waals surface area (Å²) in [6.07, 6.45) is 2.19. The van der Waals surface area contributed by atoms with Gasteiger partial charge in [0.25, 0.3) is 11.8 Å². The number of halogens is 1. The van der Waals surface area contributed by atoms with E-state index >= 15 is 4.79 Å². The predicted octanol–water partition coefficient (Wildman–Crippen LogP) is 5.21. The third-order valence-electron chi connectivity index (χ3n) is 10.9. The number of fused-ring (bicyclic) bond motifs is 4. The van der Waals surface area contributed by atoms with Crippen molar-refractivity contribution in [2.24, 2.45) is 23.7 Å². The summed E-state index contributed by atoms with van der Waals surface area (Å²) in [5.74, 6) is -6.86. The summed E-state index contributed by atoms with van der Waals surface area (Å²) in [6, 6.07) is 19.5. The van der Waals surface area contributed by atoms with Gasteiger partial charge in [0.05, 0.1) is 41.0 Å². The summed E-state index contributed by atoms with van der Waals surface area (Å²) >= 11 is 6.59. The van der Waals surface area contributed by atoms with Crippen LogP contribution in [0, 0.1) is 30.6 Å². The highest BCUT2D eigenvalue weighted by molar-refractivity contribution is 6.32. The Labute approximate surface area is 293 Å². The van der Waals surface area contributed by atoms with Crippen molar-refractivity contribution in [1.29, 1.82) is 0 Å². The smallest absolute Gasteiger partial charge is 0.303 e. The summed E-state index contributed by atoms with van der Waals surface area (Å²) in [5.41, 5.74) is 4.91. The van der Waals surface area contributed by atoms with Crippen LogP contribution in [0.5, 0.6) is 11.5 Å². The fourth-order valence-electron chi connectivity index (χ4n) is 8.71. The van der Waals surface area contributed by atoms with Crippen molar-refractivity contribution in [3.8, 4) is 11.5 Å². The van der Waals surface area contributed by atoms with Crippen LogP contribution in [0.2, 0.25) is 5.02 Å². The highest BCUT2D eigenvalue weighted by Crippen LogP contribution is 2.64. The predicted molar refractivity (Wildman–Crippen MR) is 182 cm³/mol. The monoisotopic (exact) mass is 697 g/mol. The van der Waals surface area contributed by atoms with E-state index in [0.717, 1.165) is 21.0 Å². The number of hydrazine groups is 1. The first kappa shape index (κ1) is 33.3. The van der Waals surface area contributed by atoms with Crippen molar-refractivity contribution >= 4 is 46.9 Å². The van der Waals surface area contributed by atoms with Crippen LogP contribution >= 0.6 is 11.6 Å². The summed E-state index contributed by atoms with van der Waals surface area (Å²) in [6.45, 7) is 1.91. The van der Waals surface area contributed by atoms with E-state index in [1.54, 1.807) is 24.3 Å². The first-order valence-electron chi connectivity index (χ1n) is 16.6. The second-order valence-corrected chi connectivity index (χ2v) is 13.9. The van der Waals surface area contributed by atoms with Gasteiger partial charge in [-0.1, -0.05) is 71.3 Å². The van der Waals surface area contributed by atoms with Gasteiger partial charge in [0.15, 0.2) is 11.5 Å². The number of aromatic hydroxyl groups is 1. The molecule has 11 nitrogen and oxygen atoms in total. The molecule has 0 bridgehead atoms. The minimum Gasteiger partial charge on any atom is -0.503 e. The maximum absolute atomic E-state index is 15.2. The Bertz CT molecular complexity index is 1950. The Hall–Kier alpha value is -5.16. The van der Waals surface area contributed by atoms with Crippen molar-refractivity contribution in [3.63, 3.8) is 0 Å². The van der Waals surface area contributed by atoms with E-state index in [1.165, 1.54) is 7.11 Å². The molecule has 3 fully saturated rings. The molecule has 1 saturated carbocycles. The number of amides is 4. The van der Waals surface area contributed by atoms with Crippen LogP contribution in [0.4, 0.5) is 5.69 Å². The van der Waals surface area contributed by atoms with E-state index in [1.807, 2.05) is 55.5 Å². The molecule has 2 aliphatic carbocycles. The normalized spacial score (nSPS) is 27.1. The molecule has 0 spiro atoms. The van der Waals surface area contributed by atoms with E-state index in [4.69, 9.17) is 16.3 Å². The van der Waals surface area contributed by atoms with Crippen molar-refractivity contribution in [2.45, 2.75) is 43.9 Å². The van der Waals surface area contributed by atoms with Crippen LogP contribution in [0.15, 0.2) is 78.4 Å². The maximum atomic E-state index is 15.2. The number of carbonyl (C=O) groups excluding carboxylic acids is 4. The van der Waals surface area contributed by atoms with E-state index in [0.29, 0.717) is 16.8 Å². The van der Waals surface area contributed by atoms with Gasteiger partial charge < -0.3 is 14.9 Å². The third-order valence-corrected chi connectivity index (χ3v) is 11.1. The van der Waals surface area contributed by atoms with Crippen LogP contribution in [0.1, 0.15) is 48.3 Å². The number of imide groups is 2. The molecule has 6 unspecified atom stereocenters. The second-order valence-electron chi connectivity index (χ2n) is 13.5. The van der Waals surface area contributed by atoms with E-state index in [2.05, 4.69) is 5.43 Å². The quantitative estimate of drug-likeness (QED) is 0.202. The fraction of sp³-hybridized carbons (Fsp3) is 0.342. The highest BCUT2D eigenvalue weighted by Gasteiger charge is 2.70. The number of carboxylic acid groups (broad SMARTS) is 1. The Morgan fingerprint density at radius 2 is 1.72 bits per heavy atom. The molecule has 3 aromatic carbocycles. The molecule has 6 atom stereocenters. The number of hydrogen-bond donors (Lipinski definition) is 3. The molecule has 12 heteroatoms. The summed E-state index contributed by atoms with van der Waals surface area (Å²) in [7, 11) is 1.39. The van der Waals surface area contributed by atoms with Gasteiger partial charge in [-0.2, -0.15) is 5.01 Å². The molecule has 258 valence electrons. The van der Waals surface area contributed by atoms with E-state index in [-0.39, 0.29) is 54.7 Å². The van der Waals surface area contributed by atoms with E-state index in [9.17, 15) is 29.4 Å². The number of hydrogen-bond acceptors (Lipinski definition) is 8. The number of likely N-dealkylation sites (tertiary alicyclic amines) is 1. The first-order chi connectivity index (χ1) is 24.0. The number of ether oxygens (including phenoxy) is 1. The minimum atomic E-state index is -1.51. The zero-order chi connectivity index (χ0) is 35.5. The van der Waals surface area contributed by atoms with Gasteiger partial charge in [-0.05, 0) is 67.5 Å². The largest absolute Gasteiger partial charge is 0.503 e. The lowest BCUT2D eigenvalue weighted by molar-refractivity contribution is -0.142. The lowest BCUT2D eigenvalue weighted by Gasteiger charge is -2.50. The number of methoxy groups -OCH3 is 1. The average molecular weight is 698 g/mol. The Kier molecular flexibility index (Phi) is 8.42. The van der Waals surface area contributed by atoms with Gasteiger partial charge in [0.2, 0.25) is 11.8 Å². The van der Waals surface area contributed by atoms with Gasteiger partial charge in [0.1, 0.15) is 0 Å². The number of carboxylic acids is 1. The number of phenolic OH excluding ortho intramolecular Hbond substituents is 1. The standard InChI is InChI=1S/C38H36ClN3O8/c1-20-10-12-23(13-11-20)40-42-35(47)27-19-26-24(14-15-25-31(26)36(48)41(34(25)46)16-6-9-30(43)44)32(21-17-28(39)33(45)29(18-21)50-2)38(27,37(42)49)22-7-4-3-5-8-22/h3-5,7-8,10-14,17-18,25-27,31-32,40,45H,6,9,15-16,19H2,1-2H3,(H,43,44). The van der Waals surface area contributed by atoms with Crippen LogP contribution in [0.25, 0.3) is 0 Å². The van der Waals surface area contributed by atoms with Gasteiger partial charge in [-0.25, -0.2) is 0 Å². The molecule has 0 aromatic heterocycles. The van der Waals surface area contributed by atoms with Gasteiger partial charge >= 0.3 is 5.97 Å². The third kappa shape index (κ3) is 5.05. The van der Waals surface area contributed by atoms with Crippen molar-refractivity contribution in [2.75, 3.05) is 19.1 Å². The van der Waals surface area contributed by atoms with Crippen LogP contribution in [0.3, 0.4) is 0 Å². The first-order valence-corrected chi connectivity index (χ1v) is 17.0. The van der Waals surface area contributed by atoms with Crippen molar-refractivity contribution in [3.05, 3.63) is 100 Å². The number of allylic oxidation sites excluding steroid dienone is 2. The molecule has 50 heavy (non-hydrogen) atoms. The van der Waals surface area contributed by atoms with Crippen molar-refractivity contribution in [1.82, 2.24) is 9.91 Å². The molecule has 0 radical (unpaired) electrons. The molecular weight excluding hydrogens is 662 g/mol. The summed E-state index contributed by atoms with van der Waals surface area (Å²) < 4.78 is 5.49. The number of aliphatic carboxylic acids is 1. The van der Waals surface area contributed by atoms with Crippen molar-refractivity contribution < 1.29 is 38.9 Å². The van der Waals surface area contributed by atoms with Crippen LogP contribution in [-0.2, 0) is 29.4 Å². The number of anilines is 1. The maximum Gasteiger partial charge on any atom is 0.303 e. The zero-order valence-corrected chi connectivity index (χ0v) is 28.2. The molecular formula is C38H36ClN3O8. The number of phenols is 1. The molecule has 3 N–H and O–H groups in total. The number of benzene rings is 3. The Morgan fingerprint density at radius 3 is 2.40 bits per heavy atom. The molecule has 4 aliphatic rings. The number of carbonyl (C=O) groups is 5. The number of rotatable bonds is 9. The second kappa shape index (κ2) is 12.6. The fourth-order valence-corrected chi connectivity index (χ4v) is 8.93. The van der Waals surface area contributed by atoms with Gasteiger partial charge in [-0.15, -0.1) is 0 Å². The van der Waals surface area contributed by atoms with Gasteiger partial charge in [0, 0.05) is 18.9 Å². The Morgan fingerprint density at radius 1 is 1.00 bits per heavy atom. The summed E-state index contributed by atoms with van der Waals surface area (Å²) in [5, 5.41) is 21.0.